The van der Waals surface area contributed by atoms with Gasteiger partial charge in [0.15, 0.2) is 5.76 Å². The SMILES string of the molecule is COc1cc(C(C)(C)C)c2oc(C(=O)C(C)C)cc2c1. The van der Waals surface area contributed by atoms with Crippen LogP contribution >= 0.6 is 0 Å². The third kappa shape index (κ3) is 2.58. The lowest BCUT2D eigenvalue weighted by molar-refractivity contribution is 0.0913. The van der Waals surface area contributed by atoms with E-state index in [1.54, 1.807) is 7.11 Å². The highest BCUT2D eigenvalue weighted by Gasteiger charge is 2.23. The van der Waals surface area contributed by atoms with E-state index in [0.717, 1.165) is 22.3 Å². The van der Waals surface area contributed by atoms with Crippen LogP contribution in [0.25, 0.3) is 11.0 Å². The summed E-state index contributed by atoms with van der Waals surface area (Å²) in [5.41, 5.74) is 1.75. The first-order valence-corrected chi connectivity index (χ1v) is 6.90. The van der Waals surface area contributed by atoms with E-state index in [4.69, 9.17) is 9.15 Å². The van der Waals surface area contributed by atoms with Crippen LogP contribution in [0.2, 0.25) is 0 Å². The van der Waals surface area contributed by atoms with Gasteiger partial charge in [0.1, 0.15) is 11.3 Å². The number of benzene rings is 1. The summed E-state index contributed by atoms with van der Waals surface area (Å²) < 4.78 is 11.2. The second-order valence-electron chi connectivity index (χ2n) is 6.47. The smallest absolute Gasteiger partial charge is 0.200 e. The maximum absolute atomic E-state index is 12.1. The number of carbonyl (C=O) groups excluding carboxylic acids is 1. The Morgan fingerprint density at radius 1 is 1.20 bits per heavy atom. The summed E-state index contributed by atoms with van der Waals surface area (Å²) in [6.45, 7) is 10.1. The fraction of sp³-hybridized carbons (Fsp3) is 0.471. The van der Waals surface area contributed by atoms with E-state index in [9.17, 15) is 4.79 Å². The lowest BCUT2D eigenvalue weighted by atomic mass is 9.86. The first-order chi connectivity index (χ1) is 9.24. The van der Waals surface area contributed by atoms with Gasteiger partial charge in [-0.3, -0.25) is 4.79 Å². The average Bonchev–Trinajstić information content (AvgIpc) is 2.78. The maximum Gasteiger partial charge on any atom is 0.200 e. The molecule has 3 heteroatoms. The highest BCUT2D eigenvalue weighted by atomic mass is 16.5. The fourth-order valence-electron chi connectivity index (χ4n) is 2.21. The Bertz CT molecular complexity index is 642. The van der Waals surface area contributed by atoms with Crippen molar-refractivity contribution in [1.82, 2.24) is 0 Å². The standard InChI is InChI=1S/C17H22O3/c1-10(2)15(18)14-8-11-7-12(19-6)9-13(16(11)20-14)17(3,4)5/h7-10H,1-6H3. The number of fused-ring (bicyclic) bond motifs is 1. The minimum atomic E-state index is -0.0806. The van der Waals surface area contributed by atoms with E-state index >= 15 is 0 Å². The number of Topliss-reactive ketones (excluding diaryl/α,β-unsaturated/α-hetero) is 1. The molecular weight excluding hydrogens is 252 g/mol. The van der Waals surface area contributed by atoms with Gasteiger partial charge < -0.3 is 9.15 Å². The van der Waals surface area contributed by atoms with Crippen LogP contribution < -0.4 is 4.74 Å². The number of carbonyl (C=O) groups is 1. The first-order valence-electron chi connectivity index (χ1n) is 6.90. The van der Waals surface area contributed by atoms with Crippen molar-refractivity contribution >= 4 is 16.8 Å². The first kappa shape index (κ1) is 14.6. The number of hydrogen-bond acceptors (Lipinski definition) is 3. The predicted molar refractivity (Wildman–Crippen MR) is 80.6 cm³/mol. The largest absolute Gasteiger partial charge is 0.497 e. The van der Waals surface area contributed by atoms with E-state index in [1.807, 2.05) is 32.0 Å². The molecule has 108 valence electrons. The van der Waals surface area contributed by atoms with Gasteiger partial charge in [0, 0.05) is 16.9 Å². The van der Waals surface area contributed by atoms with E-state index in [-0.39, 0.29) is 17.1 Å². The molecule has 20 heavy (non-hydrogen) atoms. The van der Waals surface area contributed by atoms with Crippen LogP contribution in [0, 0.1) is 5.92 Å². The molecule has 0 radical (unpaired) electrons. The quantitative estimate of drug-likeness (QED) is 0.769. The molecule has 0 aliphatic heterocycles. The van der Waals surface area contributed by atoms with Gasteiger partial charge in [0.05, 0.1) is 7.11 Å². The third-order valence-electron chi connectivity index (χ3n) is 3.40. The summed E-state index contributed by atoms with van der Waals surface area (Å²) in [7, 11) is 1.65. The molecule has 0 saturated carbocycles. The van der Waals surface area contributed by atoms with Crippen LogP contribution in [-0.4, -0.2) is 12.9 Å². The molecule has 2 rings (SSSR count). The summed E-state index contributed by atoms with van der Waals surface area (Å²) in [5, 5.41) is 0.915. The van der Waals surface area contributed by atoms with Crippen molar-refractivity contribution in [2.24, 2.45) is 5.92 Å². The van der Waals surface area contributed by atoms with Crippen molar-refractivity contribution in [2.75, 3.05) is 7.11 Å². The number of rotatable bonds is 3. The van der Waals surface area contributed by atoms with Gasteiger partial charge in [-0.05, 0) is 23.6 Å². The Kier molecular flexibility index (Phi) is 3.63. The molecule has 0 fully saturated rings. The summed E-state index contributed by atoms with van der Waals surface area (Å²) >= 11 is 0. The van der Waals surface area contributed by atoms with E-state index in [0.29, 0.717) is 5.76 Å². The Balaban J connectivity index is 2.69. The molecule has 2 aromatic rings. The summed E-state index contributed by atoms with van der Waals surface area (Å²) in [6.07, 6.45) is 0. The molecule has 0 aliphatic rings. The van der Waals surface area contributed by atoms with E-state index in [1.165, 1.54) is 0 Å². The Morgan fingerprint density at radius 2 is 1.85 bits per heavy atom. The van der Waals surface area contributed by atoms with Crippen molar-refractivity contribution < 1.29 is 13.9 Å². The van der Waals surface area contributed by atoms with Crippen molar-refractivity contribution in [3.8, 4) is 5.75 Å². The summed E-state index contributed by atoms with van der Waals surface area (Å²) in [4.78, 5) is 12.1. The average molecular weight is 274 g/mol. The van der Waals surface area contributed by atoms with Gasteiger partial charge in [-0.1, -0.05) is 34.6 Å². The molecule has 3 nitrogen and oxygen atoms in total. The summed E-state index contributed by atoms with van der Waals surface area (Å²) in [6, 6.07) is 5.70. The van der Waals surface area contributed by atoms with Crippen LogP contribution in [-0.2, 0) is 5.41 Å². The minimum Gasteiger partial charge on any atom is -0.497 e. The van der Waals surface area contributed by atoms with Crippen molar-refractivity contribution in [2.45, 2.75) is 40.0 Å². The maximum atomic E-state index is 12.1. The minimum absolute atomic E-state index is 0.0278. The van der Waals surface area contributed by atoms with Gasteiger partial charge >= 0.3 is 0 Å². The molecule has 0 amide bonds. The zero-order valence-electron chi connectivity index (χ0n) is 13.0. The summed E-state index contributed by atoms with van der Waals surface area (Å²) in [5.74, 6) is 1.16. The van der Waals surface area contributed by atoms with Crippen LogP contribution in [0.4, 0.5) is 0 Å². The van der Waals surface area contributed by atoms with E-state index < -0.39 is 0 Å². The molecule has 0 spiro atoms. The molecule has 0 aliphatic carbocycles. The number of furan rings is 1. The number of methoxy groups -OCH3 is 1. The highest BCUT2D eigenvalue weighted by molar-refractivity contribution is 5.99. The molecule has 1 aromatic carbocycles. The molecule has 0 bridgehead atoms. The lowest BCUT2D eigenvalue weighted by Gasteiger charge is -2.20. The van der Waals surface area contributed by atoms with Gasteiger partial charge in [-0.2, -0.15) is 0 Å². The van der Waals surface area contributed by atoms with Crippen molar-refractivity contribution in [3.05, 3.63) is 29.5 Å². The second-order valence-corrected chi connectivity index (χ2v) is 6.47. The van der Waals surface area contributed by atoms with Crippen LogP contribution in [0.15, 0.2) is 22.6 Å². The monoisotopic (exact) mass is 274 g/mol. The third-order valence-corrected chi connectivity index (χ3v) is 3.40. The predicted octanol–water partition coefficient (Wildman–Crippen LogP) is 4.58. The molecule has 0 N–H and O–H groups in total. The van der Waals surface area contributed by atoms with Crippen molar-refractivity contribution in [3.63, 3.8) is 0 Å². The van der Waals surface area contributed by atoms with Gasteiger partial charge in [-0.25, -0.2) is 0 Å². The number of ketones is 1. The molecule has 1 heterocycles. The number of hydrogen-bond donors (Lipinski definition) is 0. The van der Waals surface area contributed by atoms with Crippen LogP contribution in [0.1, 0.15) is 50.7 Å². The Morgan fingerprint density at radius 3 is 2.35 bits per heavy atom. The Hall–Kier alpha value is -1.77. The van der Waals surface area contributed by atoms with Gasteiger partial charge in [0.2, 0.25) is 5.78 Å². The lowest BCUT2D eigenvalue weighted by Crippen LogP contribution is -2.11. The zero-order valence-corrected chi connectivity index (χ0v) is 13.0. The second kappa shape index (κ2) is 4.97. The molecule has 0 unspecified atom stereocenters. The van der Waals surface area contributed by atoms with Gasteiger partial charge in [0.25, 0.3) is 0 Å². The molecule has 0 saturated heterocycles. The zero-order chi connectivity index (χ0) is 15.1. The molecule has 0 atom stereocenters. The number of ether oxygens (including phenoxy) is 1. The van der Waals surface area contributed by atoms with Crippen LogP contribution in [0.3, 0.4) is 0 Å². The topological polar surface area (TPSA) is 39.4 Å². The van der Waals surface area contributed by atoms with Crippen molar-refractivity contribution in [1.29, 1.82) is 0 Å². The normalized spacial score (nSPS) is 12.2. The van der Waals surface area contributed by atoms with E-state index in [2.05, 4.69) is 20.8 Å². The molecular formula is C17H22O3. The van der Waals surface area contributed by atoms with Gasteiger partial charge in [-0.15, -0.1) is 0 Å². The Labute approximate surface area is 119 Å². The van der Waals surface area contributed by atoms with Crippen LogP contribution in [0.5, 0.6) is 5.75 Å². The molecule has 1 aromatic heterocycles. The highest BCUT2D eigenvalue weighted by Crippen LogP contribution is 2.36. The fourth-order valence-corrected chi connectivity index (χ4v) is 2.21.